The first kappa shape index (κ1) is 30.9. The van der Waals surface area contributed by atoms with Crippen molar-refractivity contribution >= 4 is 17.6 Å². The molecule has 3 aromatic rings. The highest BCUT2D eigenvalue weighted by atomic mass is 19.4. The van der Waals surface area contributed by atoms with E-state index in [1.54, 1.807) is 24.3 Å². The summed E-state index contributed by atoms with van der Waals surface area (Å²) in [5, 5.41) is 13.0. The molecule has 0 spiro atoms. The van der Waals surface area contributed by atoms with Crippen LogP contribution in [0, 0.1) is 11.8 Å². The number of ether oxygens (including phenoxy) is 1. The zero-order chi connectivity index (χ0) is 31.4. The number of aliphatic hydroxyl groups is 1. The Morgan fingerprint density at radius 2 is 1.59 bits per heavy atom. The lowest BCUT2D eigenvalue weighted by atomic mass is 9.81. The van der Waals surface area contributed by atoms with Crippen molar-refractivity contribution in [3.05, 3.63) is 101 Å². The number of amides is 1. The molecule has 3 heterocycles. The quantitative estimate of drug-likeness (QED) is 0.304. The van der Waals surface area contributed by atoms with Gasteiger partial charge in [-0.3, -0.25) is 4.99 Å². The van der Waals surface area contributed by atoms with Gasteiger partial charge >= 0.3 is 18.7 Å². The third kappa shape index (κ3) is 6.83. The highest BCUT2D eigenvalue weighted by Crippen LogP contribution is 2.40. The van der Waals surface area contributed by atoms with Crippen molar-refractivity contribution in [1.82, 2.24) is 10.3 Å². The number of pyridine rings is 1. The van der Waals surface area contributed by atoms with Gasteiger partial charge in [-0.15, -0.1) is 0 Å². The van der Waals surface area contributed by atoms with Crippen molar-refractivity contribution in [3.8, 4) is 5.75 Å². The van der Waals surface area contributed by atoms with Crippen molar-refractivity contribution in [1.29, 1.82) is 0 Å². The van der Waals surface area contributed by atoms with Gasteiger partial charge in [0.1, 0.15) is 23.5 Å². The number of piperidine rings is 2. The number of nitrogens with zero attached hydrogens (tertiary/aromatic N) is 2. The number of hydrogen-bond acceptors (Lipinski definition) is 6. The molecule has 0 radical (unpaired) electrons. The number of nitrogens with one attached hydrogen (secondary N) is 2. The minimum absolute atomic E-state index is 0.0814. The first-order valence-corrected chi connectivity index (χ1v) is 14.0. The largest absolute Gasteiger partial charge is 0.433 e. The number of benzene rings is 2. The van der Waals surface area contributed by atoms with Crippen LogP contribution in [0.2, 0.25) is 0 Å². The van der Waals surface area contributed by atoms with Crippen molar-refractivity contribution in [2.75, 3.05) is 18.0 Å². The molecule has 13 heteroatoms. The van der Waals surface area contributed by atoms with Gasteiger partial charge in [-0.2, -0.15) is 22.0 Å². The number of alkyl halides is 5. The Balaban J connectivity index is 1.50. The maximum absolute atomic E-state index is 14.5. The summed E-state index contributed by atoms with van der Waals surface area (Å²) in [6.07, 6.45) is -5.51. The molecule has 2 unspecified atom stereocenters. The minimum Gasteiger partial charge on any atom is -0.433 e. The van der Waals surface area contributed by atoms with Gasteiger partial charge < -0.3 is 20.5 Å². The molecule has 2 aliphatic heterocycles. The van der Waals surface area contributed by atoms with E-state index in [0.717, 1.165) is 11.1 Å². The van der Waals surface area contributed by atoms with Crippen molar-refractivity contribution in [3.63, 3.8) is 0 Å². The van der Waals surface area contributed by atoms with Crippen LogP contribution in [0.5, 0.6) is 5.75 Å². The summed E-state index contributed by atoms with van der Waals surface area (Å²) < 4.78 is 72.9. The highest BCUT2D eigenvalue weighted by molar-refractivity contribution is 6.10. The van der Waals surface area contributed by atoms with Crippen LogP contribution in [0.25, 0.3) is 0 Å². The number of carbonyl (C=O) groups excluding carboxylic acids is 1. The Kier molecular flexibility index (Phi) is 9.14. The molecule has 8 nitrogen and oxygen atoms in total. The molecule has 44 heavy (non-hydrogen) atoms. The van der Waals surface area contributed by atoms with Crippen LogP contribution in [0.1, 0.15) is 30.0 Å². The molecule has 0 aliphatic carbocycles. The Morgan fingerprint density at radius 1 is 1.00 bits per heavy atom. The molecule has 2 aromatic carbocycles. The van der Waals surface area contributed by atoms with Crippen molar-refractivity contribution < 1.29 is 41.6 Å². The summed E-state index contributed by atoms with van der Waals surface area (Å²) in [6, 6.07) is 20.3. The van der Waals surface area contributed by atoms with E-state index in [9.17, 15) is 31.9 Å². The van der Waals surface area contributed by atoms with E-state index in [-0.39, 0.29) is 17.3 Å². The van der Waals surface area contributed by atoms with E-state index in [2.05, 4.69) is 20.0 Å². The standard InChI is InChI=1S/C31H30F5N5O3/c32-30(33)44-21-11-12-22(38-17-21)41-15-13-18(14-16-41)25(37)23-24(31(34,35)36)27(42)29(43)40-28(23)39-26(19-7-3-1-4-8-19)20-9-5-2-6-10-20/h1-12,17-18,24,26-27,30,42H,13-16,37H2,(H,39,40,43)/p+1. The van der Waals surface area contributed by atoms with Crippen molar-refractivity contribution in [2.45, 2.75) is 37.8 Å². The van der Waals surface area contributed by atoms with Crippen LogP contribution in [-0.4, -0.2) is 53.8 Å². The maximum atomic E-state index is 14.5. The fourth-order valence-electron chi connectivity index (χ4n) is 5.68. The lowest BCUT2D eigenvalue weighted by molar-refractivity contribution is -0.499. The third-order valence-electron chi connectivity index (χ3n) is 7.84. The second-order valence-corrected chi connectivity index (χ2v) is 10.6. The average Bonchev–Trinajstić information content (AvgIpc) is 3.01. The zero-order valence-corrected chi connectivity index (χ0v) is 23.3. The zero-order valence-electron chi connectivity index (χ0n) is 23.3. The predicted molar refractivity (Wildman–Crippen MR) is 151 cm³/mol. The molecule has 1 aromatic heterocycles. The predicted octanol–water partition coefficient (Wildman–Crippen LogP) is 3.05. The summed E-state index contributed by atoms with van der Waals surface area (Å²) >= 11 is 0. The number of allylic oxidation sites excluding steroid dienone is 1. The van der Waals surface area contributed by atoms with Crippen LogP contribution in [0.15, 0.2) is 90.3 Å². The number of amidine groups is 1. The molecule has 5 N–H and O–H groups in total. The molecule has 2 atom stereocenters. The van der Waals surface area contributed by atoms with E-state index >= 15 is 0 Å². The van der Waals surface area contributed by atoms with Gasteiger partial charge in [-0.25, -0.2) is 15.1 Å². The summed E-state index contributed by atoms with van der Waals surface area (Å²) in [6.45, 7) is -2.25. The smallest absolute Gasteiger partial charge is 0.399 e. The van der Waals surface area contributed by atoms with Crippen LogP contribution in [0.4, 0.5) is 27.8 Å². The Labute approximate surface area is 250 Å². The minimum atomic E-state index is -4.98. The molecular weight excluding hydrogens is 585 g/mol. The molecular formula is C31H31F5N5O3+. The van der Waals surface area contributed by atoms with Crippen LogP contribution in [0.3, 0.4) is 0 Å². The number of halogens is 5. The topological polar surface area (TPSA) is 115 Å². The second kappa shape index (κ2) is 13.0. The van der Waals surface area contributed by atoms with Crippen molar-refractivity contribution in [2.24, 2.45) is 17.6 Å². The van der Waals surface area contributed by atoms with Gasteiger partial charge in [-0.05, 0) is 25.0 Å². The summed E-state index contributed by atoms with van der Waals surface area (Å²) in [5.74, 6) is -4.06. The Hall–Kier alpha value is -4.52. The molecule has 0 saturated carbocycles. The van der Waals surface area contributed by atoms with Gasteiger partial charge in [0, 0.05) is 35.8 Å². The summed E-state index contributed by atoms with van der Waals surface area (Å²) in [4.78, 5) is 21.8. The number of rotatable bonds is 7. The Morgan fingerprint density at radius 3 is 2.09 bits per heavy atom. The fraction of sp³-hybridized carbons (Fsp3) is 0.323. The normalized spacial score (nSPS) is 22.0. The average molecular weight is 617 g/mol. The molecule has 0 bridgehead atoms. The molecule has 2 aliphatic rings. The molecule has 1 amide bonds. The Bertz CT molecular complexity index is 1450. The van der Waals surface area contributed by atoms with Gasteiger partial charge in [0.15, 0.2) is 6.10 Å². The lowest BCUT2D eigenvalue weighted by Gasteiger charge is -2.36. The van der Waals surface area contributed by atoms with Gasteiger partial charge in [0.05, 0.1) is 11.8 Å². The highest BCUT2D eigenvalue weighted by Gasteiger charge is 2.57. The summed E-state index contributed by atoms with van der Waals surface area (Å²) in [7, 11) is 0. The fourth-order valence-corrected chi connectivity index (χ4v) is 5.68. The molecule has 232 valence electrons. The maximum Gasteiger partial charge on any atom is 0.399 e. The van der Waals surface area contributed by atoms with E-state index in [1.807, 2.05) is 41.3 Å². The number of anilines is 1. The van der Waals surface area contributed by atoms with E-state index in [0.29, 0.717) is 31.7 Å². The monoisotopic (exact) mass is 616 g/mol. The molecule has 5 rings (SSSR count). The van der Waals surface area contributed by atoms with Gasteiger partial charge in [-0.1, -0.05) is 60.7 Å². The van der Waals surface area contributed by atoms with Gasteiger partial charge in [0.2, 0.25) is 0 Å². The lowest BCUT2D eigenvalue weighted by Crippen LogP contribution is -2.81. The number of aromatic nitrogens is 1. The van der Waals surface area contributed by atoms with E-state index < -0.39 is 48.2 Å². The number of nitrogens with two attached hydrogens (primary N) is 1. The van der Waals surface area contributed by atoms with Crippen LogP contribution >= 0.6 is 0 Å². The van der Waals surface area contributed by atoms with Crippen LogP contribution < -0.4 is 25.7 Å². The number of carbonyl (C=O) groups is 1. The SMILES string of the molecule is NC(=C1C(=[NH+]C(c2ccccc2)c2ccccc2)NC(=O)C(O)C1C(F)(F)F)C1CCN(c2ccc(OC(F)F)cn2)CC1. The van der Waals surface area contributed by atoms with E-state index in [1.165, 1.54) is 18.3 Å². The first-order valence-electron chi connectivity index (χ1n) is 14.0. The van der Waals surface area contributed by atoms with Gasteiger partial charge in [0.25, 0.3) is 5.84 Å². The summed E-state index contributed by atoms with van der Waals surface area (Å²) in [5.41, 5.74) is 7.54. The molecule has 2 saturated heterocycles. The second-order valence-electron chi connectivity index (χ2n) is 10.6. The van der Waals surface area contributed by atoms with Crippen LogP contribution in [-0.2, 0) is 4.79 Å². The molecule has 2 fully saturated rings. The third-order valence-corrected chi connectivity index (χ3v) is 7.84. The van der Waals surface area contributed by atoms with E-state index in [4.69, 9.17) is 5.73 Å². The number of hydrogen-bond donors (Lipinski definition) is 4. The first-order chi connectivity index (χ1) is 21.0. The number of aliphatic hydroxyl groups excluding tert-OH is 1.